The van der Waals surface area contributed by atoms with Gasteiger partial charge in [-0.25, -0.2) is 13.1 Å². The van der Waals surface area contributed by atoms with Crippen LogP contribution in [0.2, 0.25) is 0 Å². The van der Waals surface area contributed by atoms with Gasteiger partial charge in [-0.05, 0) is 53.4 Å². The normalized spacial score (nSPS) is 18.4. The maximum atomic E-state index is 12.4. The lowest BCUT2D eigenvalue weighted by Crippen LogP contribution is -2.54. The molecule has 1 saturated carbocycles. The Kier molecular flexibility index (Phi) is 4.59. The molecule has 0 unspecified atom stereocenters. The molecule has 0 spiro atoms. The van der Waals surface area contributed by atoms with E-state index in [1.807, 2.05) is 0 Å². The second-order valence-electron chi connectivity index (χ2n) is 4.45. The molecule has 0 bridgehead atoms. The molecule has 0 heterocycles. The van der Waals surface area contributed by atoms with Crippen LogP contribution in [0.5, 0.6) is 0 Å². The van der Waals surface area contributed by atoms with E-state index in [9.17, 15) is 8.42 Å². The van der Waals surface area contributed by atoms with Gasteiger partial charge in [-0.15, -0.1) is 0 Å². The number of halogens is 3. The number of nitrogens with one attached hydrogen (secondary N) is 1. The maximum absolute atomic E-state index is 12.4. The molecule has 1 aromatic rings. The topological polar surface area (TPSA) is 46.2 Å². The minimum Gasteiger partial charge on any atom is -0.207 e. The first-order valence-corrected chi connectivity index (χ1v) is 9.63. The number of rotatable bonds is 4. The molecule has 0 radical (unpaired) electrons. The maximum Gasteiger partial charge on any atom is 0.242 e. The van der Waals surface area contributed by atoms with E-state index in [0.717, 1.165) is 23.7 Å². The lowest BCUT2D eigenvalue weighted by Gasteiger charge is -2.40. The van der Waals surface area contributed by atoms with Crippen LogP contribution in [0.15, 0.2) is 32.0 Å². The van der Waals surface area contributed by atoms with Crippen LogP contribution in [0.25, 0.3) is 0 Å². The smallest absolute Gasteiger partial charge is 0.207 e. The van der Waals surface area contributed by atoms with E-state index in [1.54, 1.807) is 18.2 Å². The van der Waals surface area contributed by atoms with E-state index >= 15 is 0 Å². The van der Waals surface area contributed by atoms with Gasteiger partial charge in [0.2, 0.25) is 10.0 Å². The Morgan fingerprint density at radius 2 is 1.94 bits per heavy atom. The first-order valence-electron chi connectivity index (χ1n) is 5.44. The molecule has 0 saturated heterocycles. The van der Waals surface area contributed by atoms with Gasteiger partial charge in [-0.1, -0.05) is 31.9 Å². The molecular formula is C11H12Br3NO2S. The highest BCUT2D eigenvalue weighted by atomic mass is 79.9. The zero-order chi connectivity index (χ0) is 13.4. The third kappa shape index (κ3) is 3.00. The van der Waals surface area contributed by atoms with Gasteiger partial charge in [0.1, 0.15) is 0 Å². The average Bonchev–Trinajstić information content (AvgIpc) is 2.27. The van der Waals surface area contributed by atoms with Crippen molar-refractivity contribution in [2.24, 2.45) is 0 Å². The Bertz CT molecular complexity index is 550. The zero-order valence-corrected chi connectivity index (χ0v) is 15.0. The molecule has 18 heavy (non-hydrogen) atoms. The van der Waals surface area contributed by atoms with E-state index in [2.05, 4.69) is 52.5 Å². The SMILES string of the molecule is O=S(=O)(NC1(CBr)CCC1)c1cc(Br)ccc1Br. The van der Waals surface area contributed by atoms with Gasteiger partial charge in [-0.3, -0.25) is 0 Å². The summed E-state index contributed by atoms with van der Waals surface area (Å²) in [5.41, 5.74) is -0.319. The van der Waals surface area contributed by atoms with Crippen LogP contribution in [0.4, 0.5) is 0 Å². The van der Waals surface area contributed by atoms with Crippen molar-refractivity contribution in [3.63, 3.8) is 0 Å². The van der Waals surface area contributed by atoms with Crippen molar-refractivity contribution in [2.45, 2.75) is 29.7 Å². The molecule has 100 valence electrons. The monoisotopic (exact) mass is 459 g/mol. The summed E-state index contributed by atoms with van der Waals surface area (Å²) in [7, 11) is -3.50. The Labute approximate surface area is 132 Å². The summed E-state index contributed by atoms with van der Waals surface area (Å²) in [6.45, 7) is 0. The summed E-state index contributed by atoms with van der Waals surface area (Å²) in [5, 5.41) is 0.644. The van der Waals surface area contributed by atoms with Gasteiger partial charge in [-0.2, -0.15) is 0 Å². The second kappa shape index (κ2) is 5.52. The summed E-state index contributed by atoms with van der Waals surface area (Å²) in [5.74, 6) is 0. The molecule has 1 aromatic carbocycles. The molecule has 0 aromatic heterocycles. The van der Waals surface area contributed by atoms with E-state index in [0.29, 0.717) is 9.80 Å². The predicted octanol–water partition coefficient (Wildman–Crippen LogP) is 3.81. The third-order valence-corrected chi connectivity index (χ3v) is 7.24. The van der Waals surface area contributed by atoms with Crippen LogP contribution in [0.3, 0.4) is 0 Å². The van der Waals surface area contributed by atoms with E-state index < -0.39 is 10.0 Å². The number of benzene rings is 1. The van der Waals surface area contributed by atoms with Crippen molar-refractivity contribution < 1.29 is 8.42 Å². The van der Waals surface area contributed by atoms with Gasteiger partial charge in [0.05, 0.1) is 4.90 Å². The fourth-order valence-electron chi connectivity index (χ4n) is 1.89. The first-order chi connectivity index (χ1) is 8.38. The minimum atomic E-state index is -3.50. The number of alkyl halides is 1. The van der Waals surface area contributed by atoms with Crippen molar-refractivity contribution in [1.29, 1.82) is 0 Å². The fourth-order valence-corrected chi connectivity index (χ4v) is 5.74. The summed E-state index contributed by atoms with van der Waals surface area (Å²) in [6.07, 6.45) is 2.82. The van der Waals surface area contributed by atoms with Crippen LogP contribution in [-0.4, -0.2) is 19.3 Å². The summed E-state index contributed by atoms with van der Waals surface area (Å²) < 4.78 is 28.9. The molecule has 7 heteroatoms. The van der Waals surface area contributed by atoms with Crippen LogP contribution < -0.4 is 4.72 Å². The van der Waals surface area contributed by atoms with Crippen LogP contribution in [0.1, 0.15) is 19.3 Å². The Morgan fingerprint density at radius 1 is 1.28 bits per heavy atom. The van der Waals surface area contributed by atoms with Crippen molar-refractivity contribution in [1.82, 2.24) is 4.72 Å². The molecule has 1 aliphatic rings. The number of hydrogen-bond acceptors (Lipinski definition) is 2. The molecular weight excluding hydrogens is 450 g/mol. The standard InChI is InChI=1S/C11H12Br3NO2S/c12-7-11(4-1-5-11)15-18(16,17)10-6-8(13)2-3-9(10)14/h2-3,6,15H,1,4-5,7H2. The van der Waals surface area contributed by atoms with Crippen LogP contribution in [0, 0.1) is 0 Å². The molecule has 0 atom stereocenters. The van der Waals surface area contributed by atoms with E-state index in [4.69, 9.17) is 0 Å². The first kappa shape index (κ1) is 15.0. The summed E-state index contributed by atoms with van der Waals surface area (Å²) in [4.78, 5) is 0.268. The third-order valence-electron chi connectivity index (χ3n) is 3.10. The highest BCUT2D eigenvalue weighted by Gasteiger charge is 2.40. The van der Waals surface area contributed by atoms with E-state index in [-0.39, 0.29) is 10.4 Å². The largest absolute Gasteiger partial charge is 0.242 e. The zero-order valence-electron chi connectivity index (χ0n) is 9.42. The molecule has 1 fully saturated rings. The Morgan fingerprint density at radius 3 is 2.44 bits per heavy atom. The highest BCUT2D eigenvalue weighted by molar-refractivity contribution is 9.11. The van der Waals surface area contributed by atoms with Gasteiger partial charge < -0.3 is 0 Å². The average molecular weight is 462 g/mol. The van der Waals surface area contributed by atoms with Crippen molar-refractivity contribution in [2.75, 3.05) is 5.33 Å². The Hall–Kier alpha value is 0.570. The van der Waals surface area contributed by atoms with Gasteiger partial charge in [0, 0.05) is 19.8 Å². The lowest BCUT2D eigenvalue weighted by atomic mass is 9.80. The molecule has 2 rings (SSSR count). The van der Waals surface area contributed by atoms with Crippen molar-refractivity contribution >= 4 is 57.8 Å². The summed E-state index contributed by atoms with van der Waals surface area (Å²) >= 11 is 9.97. The van der Waals surface area contributed by atoms with Gasteiger partial charge in [0.25, 0.3) is 0 Å². The molecule has 0 amide bonds. The van der Waals surface area contributed by atoms with Crippen LogP contribution in [-0.2, 0) is 10.0 Å². The van der Waals surface area contributed by atoms with Crippen molar-refractivity contribution in [3.05, 3.63) is 27.1 Å². The minimum absolute atomic E-state index is 0.268. The van der Waals surface area contributed by atoms with Gasteiger partial charge in [0.15, 0.2) is 0 Å². The number of sulfonamides is 1. The molecule has 0 aliphatic heterocycles. The molecule has 1 aliphatic carbocycles. The molecule has 1 N–H and O–H groups in total. The summed E-state index contributed by atoms with van der Waals surface area (Å²) in [6, 6.07) is 5.12. The van der Waals surface area contributed by atoms with Gasteiger partial charge >= 0.3 is 0 Å². The second-order valence-corrected chi connectivity index (χ2v) is 8.43. The van der Waals surface area contributed by atoms with Crippen LogP contribution >= 0.6 is 47.8 Å². The Balaban J connectivity index is 2.33. The highest BCUT2D eigenvalue weighted by Crippen LogP contribution is 2.36. The number of hydrogen-bond donors (Lipinski definition) is 1. The fraction of sp³-hybridized carbons (Fsp3) is 0.455. The quantitative estimate of drug-likeness (QED) is 0.693. The predicted molar refractivity (Wildman–Crippen MR) is 82.5 cm³/mol. The van der Waals surface area contributed by atoms with Crippen molar-refractivity contribution in [3.8, 4) is 0 Å². The molecule has 3 nitrogen and oxygen atoms in total. The lowest BCUT2D eigenvalue weighted by molar-refractivity contribution is 0.256. The van der Waals surface area contributed by atoms with E-state index in [1.165, 1.54) is 0 Å².